The van der Waals surface area contributed by atoms with Gasteiger partial charge in [-0.2, -0.15) is 5.10 Å². The lowest BCUT2D eigenvalue weighted by Gasteiger charge is -2.16. The molecule has 0 saturated heterocycles. The first-order valence-electron chi connectivity index (χ1n) is 6.37. The largest absolute Gasteiger partial charge is 0.335 e. The molecule has 6 nitrogen and oxygen atoms in total. The SMILES string of the molecule is O=C(Nc1ccc(=O)[nH]n1)NC1CCCCCC1. The minimum absolute atomic E-state index is 0.246. The molecule has 1 aromatic rings. The number of aromatic nitrogens is 2. The molecule has 0 aliphatic heterocycles. The summed E-state index contributed by atoms with van der Waals surface area (Å²) in [5, 5.41) is 11.5. The molecule has 2 amide bonds. The van der Waals surface area contributed by atoms with Gasteiger partial charge in [0.1, 0.15) is 0 Å². The Kier molecular flexibility index (Phi) is 4.33. The van der Waals surface area contributed by atoms with Crippen LogP contribution in [0.2, 0.25) is 0 Å². The molecule has 1 aromatic heterocycles. The van der Waals surface area contributed by atoms with Gasteiger partial charge in [0.05, 0.1) is 0 Å². The highest BCUT2D eigenvalue weighted by atomic mass is 16.2. The van der Waals surface area contributed by atoms with Crippen LogP contribution in [0.5, 0.6) is 0 Å². The predicted octanol–water partition coefficient (Wildman–Crippen LogP) is 1.61. The molecule has 0 bridgehead atoms. The van der Waals surface area contributed by atoms with E-state index >= 15 is 0 Å². The van der Waals surface area contributed by atoms with Crippen molar-refractivity contribution in [1.82, 2.24) is 15.5 Å². The van der Waals surface area contributed by atoms with E-state index in [2.05, 4.69) is 20.8 Å². The van der Waals surface area contributed by atoms with Gasteiger partial charge in [0, 0.05) is 12.1 Å². The highest BCUT2D eigenvalue weighted by Gasteiger charge is 2.14. The quantitative estimate of drug-likeness (QED) is 0.697. The number of H-pyrrole nitrogens is 1. The molecule has 2 rings (SSSR count). The molecule has 3 N–H and O–H groups in total. The lowest BCUT2D eigenvalue weighted by Crippen LogP contribution is -2.37. The fraction of sp³-hybridized carbons (Fsp3) is 0.583. The zero-order chi connectivity index (χ0) is 12.8. The number of rotatable bonds is 2. The van der Waals surface area contributed by atoms with Crippen LogP contribution in [0.3, 0.4) is 0 Å². The maximum Gasteiger partial charge on any atom is 0.320 e. The van der Waals surface area contributed by atoms with Crippen LogP contribution < -0.4 is 16.2 Å². The summed E-state index contributed by atoms with van der Waals surface area (Å²) in [6, 6.07) is 2.79. The van der Waals surface area contributed by atoms with Gasteiger partial charge in [0.15, 0.2) is 5.82 Å². The van der Waals surface area contributed by atoms with Gasteiger partial charge in [0.25, 0.3) is 5.56 Å². The van der Waals surface area contributed by atoms with E-state index in [1.54, 1.807) is 0 Å². The van der Waals surface area contributed by atoms with Crippen LogP contribution in [0.1, 0.15) is 38.5 Å². The van der Waals surface area contributed by atoms with Gasteiger partial charge in [-0.25, -0.2) is 9.89 Å². The van der Waals surface area contributed by atoms with Crippen molar-refractivity contribution in [1.29, 1.82) is 0 Å². The maximum absolute atomic E-state index is 11.7. The zero-order valence-electron chi connectivity index (χ0n) is 10.2. The van der Waals surface area contributed by atoms with E-state index in [4.69, 9.17) is 0 Å². The van der Waals surface area contributed by atoms with Gasteiger partial charge in [-0.15, -0.1) is 0 Å². The predicted molar refractivity (Wildman–Crippen MR) is 68.5 cm³/mol. The van der Waals surface area contributed by atoms with Crippen LogP contribution in [0.15, 0.2) is 16.9 Å². The Hall–Kier alpha value is -1.85. The van der Waals surface area contributed by atoms with Gasteiger partial charge in [-0.05, 0) is 18.9 Å². The third-order valence-electron chi connectivity index (χ3n) is 3.11. The molecule has 0 atom stereocenters. The Morgan fingerprint density at radius 1 is 1.22 bits per heavy atom. The number of urea groups is 1. The molecule has 6 heteroatoms. The number of hydrogen-bond acceptors (Lipinski definition) is 3. The Balaban J connectivity index is 1.84. The lowest BCUT2D eigenvalue weighted by atomic mass is 10.1. The molecule has 18 heavy (non-hydrogen) atoms. The molecule has 0 aromatic carbocycles. The van der Waals surface area contributed by atoms with Crippen LogP contribution in [0, 0.1) is 0 Å². The lowest BCUT2D eigenvalue weighted by molar-refractivity contribution is 0.247. The van der Waals surface area contributed by atoms with Crippen molar-refractivity contribution in [3.05, 3.63) is 22.5 Å². The molecule has 1 aliphatic carbocycles. The Bertz CT molecular complexity index is 429. The molecule has 1 heterocycles. The molecular formula is C12H18N4O2. The summed E-state index contributed by atoms with van der Waals surface area (Å²) in [5.74, 6) is 0.348. The zero-order valence-corrected chi connectivity index (χ0v) is 10.2. The average Bonchev–Trinajstić information content (AvgIpc) is 2.61. The first-order chi connectivity index (χ1) is 8.74. The molecule has 98 valence electrons. The molecule has 0 unspecified atom stereocenters. The summed E-state index contributed by atoms with van der Waals surface area (Å²) in [7, 11) is 0. The second-order valence-corrected chi connectivity index (χ2v) is 4.59. The van der Waals surface area contributed by atoms with Gasteiger partial charge in [-0.3, -0.25) is 10.1 Å². The Morgan fingerprint density at radius 3 is 2.56 bits per heavy atom. The monoisotopic (exact) mass is 250 g/mol. The smallest absolute Gasteiger partial charge is 0.320 e. The normalized spacial score (nSPS) is 16.9. The molecule has 1 saturated carbocycles. The summed E-state index contributed by atoms with van der Waals surface area (Å²) in [6.07, 6.45) is 6.91. The first-order valence-corrected chi connectivity index (χ1v) is 6.37. The van der Waals surface area contributed by atoms with Crippen LogP contribution >= 0.6 is 0 Å². The molecule has 1 fully saturated rings. The number of aromatic amines is 1. The summed E-state index contributed by atoms with van der Waals surface area (Å²) in [4.78, 5) is 22.5. The number of carbonyl (C=O) groups excluding carboxylic acids is 1. The topological polar surface area (TPSA) is 86.9 Å². The minimum Gasteiger partial charge on any atom is -0.335 e. The Labute approximate surface area is 105 Å². The summed E-state index contributed by atoms with van der Waals surface area (Å²) in [5.41, 5.74) is -0.287. The number of nitrogens with one attached hydrogen (secondary N) is 3. The third-order valence-corrected chi connectivity index (χ3v) is 3.11. The second kappa shape index (κ2) is 6.18. The summed E-state index contributed by atoms with van der Waals surface area (Å²) >= 11 is 0. The third kappa shape index (κ3) is 3.87. The van der Waals surface area contributed by atoms with Gasteiger partial charge in [0.2, 0.25) is 0 Å². The highest BCUT2D eigenvalue weighted by molar-refractivity contribution is 5.88. The number of nitrogens with zero attached hydrogens (tertiary/aromatic N) is 1. The van der Waals surface area contributed by atoms with Crippen LogP contribution in [-0.2, 0) is 0 Å². The van der Waals surface area contributed by atoms with Crippen molar-refractivity contribution in [3.8, 4) is 0 Å². The van der Waals surface area contributed by atoms with E-state index in [9.17, 15) is 9.59 Å². The maximum atomic E-state index is 11.7. The van der Waals surface area contributed by atoms with Crippen LogP contribution in [-0.4, -0.2) is 22.3 Å². The summed E-state index contributed by atoms with van der Waals surface area (Å²) < 4.78 is 0. The van der Waals surface area contributed by atoms with E-state index in [0.29, 0.717) is 5.82 Å². The van der Waals surface area contributed by atoms with Gasteiger partial charge in [-0.1, -0.05) is 25.7 Å². The fourth-order valence-electron chi connectivity index (χ4n) is 2.18. The van der Waals surface area contributed by atoms with E-state index in [1.165, 1.54) is 37.8 Å². The second-order valence-electron chi connectivity index (χ2n) is 4.59. The number of anilines is 1. The number of carbonyl (C=O) groups is 1. The standard InChI is InChI=1S/C12H18N4O2/c17-11-8-7-10(15-16-11)14-12(18)13-9-5-3-1-2-4-6-9/h7-9H,1-6H2,(H,16,17)(H2,13,14,15,18). The van der Waals surface area contributed by atoms with Crippen LogP contribution in [0.4, 0.5) is 10.6 Å². The van der Waals surface area contributed by atoms with Crippen molar-refractivity contribution in [2.75, 3.05) is 5.32 Å². The number of amides is 2. The number of hydrogen-bond donors (Lipinski definition) is 3. The van der Waals surface area contributed by atoms with Gasteiger partial charge < -0.3 is 5.32 Å². The summed E-state index contributed by atoms with van der Waals surface area (Å²) in [6.45, 7) is 0. The first kappa shape index (κ1) is 12.6. The molecule has 1 aliphatic rings. The van der Waals surface area contributed by atoms with Crippen molar-refractivity contribution >= 4 is 11.8 Å². The van der Waals surface area contributed by atoms with E-state index in [-0.39, 0.29) is 17.6 Å². The van der Waals surface area contributed by atoms with E-state index in [0.717, 1.165) is 12.8 Å². The van der Waals surface area contributed by atoms with E-state index in [1.807, 2.05) is 0 Å². The van der Waals surface area contributed by atoms with Crippen molar-refractivity contribution < 1.29 is 4.79 Å². The molecule has 0 radical (unpaired) electrons. The van der Waals surface area contributed by atoms with Crippen LogP contribution in [0.25, 0.3) is 0 Å². The molecule has 0 spiro atoms. The van der Waals surface area contributed by atoms with Crippen molar-refractivity contribution in [3.63, 3.8) is 0 Å². The van der Waals surface area contributed by atoms with E-state index < -0.39 is 0 Å². The fourth-order valence-corrected chi connectivity index (χ4v) is 2.18. The molecular weight excluding hydrogens is 232 g/mol. The highest BCUT2D eigenvalue weighted by Crippen LogP contribution is 2.17. The average molecular weight is 250 g/mol. The van der Waals surface area contributed by atoms with Crippen molar-refractivity contribution in [2.24, 2.45) is 0 Å². The van der Waals surface area contributed by atoms with Crippen molar-refractivity contribution in [2.45, 2.75) is 44.6 Å². The Morgan fingerprint density at radius 2 is 1.94 bits per heavy atom. The van der Waals surface area contributed by atoms with Gasteiger partial charge >= 0.3 is 6.03 Å². The minimum atomic E-state index is -0.287.